The number of anilines is 2. The zero-order valence-electron chi connectivity index (χ0n) is 26.6. The van der Waals surface area contributed by atoms with Crippen molar-refractivity contribution in [1.82, 2.24) is 14.9 Å². The molecule has 0 saturated heterocycles. The third-order valence-corrected chi connectivity index (χ3v) is 8.17. The molecule has 2 atom stereocenters. The van der Waals surface area contributed by atoms with Crippen LogP contribution in [0.5, 0.6) is 17.2 Å². The predicted molar refractivity (Wildman–Crippen MR) is 174 cm³/mol. The van der Waals surface area contributed by atoms with Crippen molar-refractivity contribution in [2.24, 2.45) is 13.0 Å². The molecule has 11 heteroatoms. The van der Waals surface area contributed by atoms with Gasteiger partial charge in [0, 0.05) is 25.2 Å². The number of hydrogen-bond donors (Lipinski definition) is 3. The smallest absolute Gasteiger partial charge is 0.247 e. The number of methoxy groups -OCH3 is 3. The van der Waals surface area contributed by atoms with E-state index in [1.54, 1.807) is 33.7 Å². The maximum absolute atomic E-state index is 13.8. The second-order valence-corrected chi connectivity index (χ2v) is 11.5. The van der Waals surface area contributed by atoms with Crippen molar-refractivity contribution in [3.8, 4) is 28.4 Å². The molecule has 1 aliphatic rings. The van der Waals surface area contributed by atoms with Gasteiger partial charge in [-0.15, -0.1) is 0 Å². The van der Waals surface area contributed by atoms with Gasteiger partial charge in [0.25, 0.3) is 0 Å². The Morgan fingerprint density at radius 2 is 1.76 bits per heavy atom. The quantitative estimate of drug-likeness (QED) is 0.245. The normalized spacial score (nSPS) is 14.5. The van der Waals surface area contributed by atoms with Gasteiger partial charge in [0.05, 0.1) is 50.4 Å². The fourth-order valence-corrected chi connectivity index (χ4v) is 5.96. The molecule has 0 bridgehead atoms. The van der Waals surface area contributed by atoms with Crippen LogP contribution in [-0.4, -0.2) is 48.7 Å². The third-order valence-electron chi connectivity index (χ3n) is 8.17. The number of rotatable bonds is 9. The number of benzene rings is 2. The van der Waals surface area contributed by atoms with Crippen LogP contribution in [0.3, 0.4) is 0 Å². The first-order valence-corrected chi connectivity index (χ1v) is 14.8. The van der Waals surface area contributed by atoms with Gasteiger partial charge < -0.3 is 34.7 Å². The maximum atomic E-state index is 13.8. The van der Waals surface area contributed by atoms with E-state index in [1.807, 2.05) is 55.8 Å². The Kier molecular flexibility index (Phi) is 8.99. The zero-order chi connectivity index (χ0) is 32.4. The van der Waals surface area contributed by atoms with Gasteiger partial charge >= 0.3 is 0 Å². The van der Waals surface area contributed by atoms with E-state index >= 15 is 0 Å². The Bertz CT molecular complexity index is 1830. The van der Waals surface area contributed by atoms with Crippen LogP contribution in [0.25, 0.3) is 22.2 Å². The molecule has 3 N–H and O–H groups in total. The Balaban J connectivity index is 1.58. The third kappa shape index (κ3) is 6.15. The predicted octanol–water partition coefficient (Wildman–Crippen LogP) is 4.82. The minimum atomic E-state index is -0.725. The van der Waals surface area contributed by atoms with E-state index in [1.165, 1.54) is 13.0 Å². The number of nitrogens with zero attached hydrogens (tertiary/aromatic N) is 2. The second kappa shape index (κ2) is 12.9. The summed E-state index contributed by atoms with van der Waals surface area (Å²) in [6.07, 6.45) is 2.86. The monoisotopic (exact) mass is 613 g/mol. The Morgan fingerprint density at radius 3 is 2.42 bits per heavy atom. The van der Waals surface area contributed by atoms with Crippen LogP contribution in [-0.2, 0) is 23.1 Å². The summed E-state index contributed by atoms with van der Waals surface area (Å²) in [6.45, 7) is 5.28. The number of hydrogen-bond acceptors (Lipinski definition) is 8. The van der Waals surface area contributed by atoms with Crippen molar-refractivity contribution in [3.05, 3.63) is 70.1 Å². The van der Waals surface area contributed by atoms with Gasteiger partial charge in [-0.3, -0.25) is 14.4 Å². The molecule has 11 nitrogen and oxygen atoms in total. The lowest BCUT2D eigenvalue weighted by atomic mass is 9.95. The van der Waals surface area contributed by atoms with Crippen LogP contribution in [0.2, 0.25) is 0 Å². The summed E-state index contributed by atoms with van der Waals surface area (Å²) in [6, 6.07) is 11.3. The number of carbonyl (C=O) groups excluding carboxylic acids is 2. The molecule has 1 heterocycles. The largest absolute Gasteiger partial charge is 0.493 e. The summed E-state index contributed by atoms with van der Waals surface area (Å²) < 4.78 is 19.0. The van der Waals surface area contributed by atoms with Crippen LogP contribution in [0.15, 0.2) is 53.6 Å². The van der Waals surface area contributed by atoms with Gasteiger partial charge in [-0.2, -0.15) is 0 Å². The van der Waals surface area contributed by atoms with Crippen LogP contribution in [0, 0.1) is 5.92 Å². The summed E-state index contributed by atoms with van der Waals surface area (Å²) in [7, 11) is 6.57. The second-order valence-electron chi connectivity index (χ2n) is 11.5. The highest BCUT2D eigenvalue weighted by Gasteiger charge is 2.30. The highest BCUT2D eigenvalue weighted by molar-refractivity contribution is 5.98. The summed E-state index contributed by atoms with van der Waals surface area (Å²) in [5.41, 5.74) is 5.28. The van der Waals surface area contributed by atoms with Crippen molar-refractivity contribution in [3.63, 3.8) is 0 Å². The molecule has 5 rings (SSSR count). The van der Waals surface area contributed by atoms with Gasteiger partial charge in [0.2, 0.25) is 23.0 Å². The molecule has 0 saturated carbocycles. The van der Waals surface area contributed by atoms with Crippen molar-refractivity contribution < 1.29 is 23.8 Å². The molecule has 0 aliphatic heterocycles. The summed E-state index contributed by atoms with van der Waals surface area (Å²) in [5.74, 6) is 0.762. The van der Waals surface area contributed by atoms with E-state index in [-0.39, 0.29) is 28.8 Å². The van der Waals surface area contributed by atoms with Gasteiger partial charge in [-0.05, 0) is 71.8 Å². The fraction of sp³-hybridized carbons (Fsp3) is 0.353. The van der Waals surface area contributed by atoms with E-state index in [0.717, 1.165) is 22.2 Å². The molecule has 236 valence electrons. The summed E-state index contributed by atoms with van der Waals surface area (Å²) in [4.78, 5) is 44.0. The van der Waals surface area contributed by atoms with Gasteiger partial charge in [0.1, 0.15) is 6.04 Å². The molecule has 3 aromatic carbocycles. The topological polar surface area (TPSA) is 133 Å². The van der Waals surface area contributed by atoms with Crippen molar-refractivity contribution in [1.29, 1.82) is 0 Å². The minimum Gasteiger partial charge on any atom is -0.493 e. The van der Waals surface area contributed by atoms with Crippen LogP contribution < -0.4 is 35.6 Å². The number of fused-ring (bicyclic) bond motifs is 4. The SMILES string of the molecule is COc1cc2c(c(OC)c1OC)-c1ccc(NC(C(=O)Nc3ccc4c(c3)ncn4C)C(C)C)c(=O)cc1C(NC(C)=O)CC2. The number of aryl methyl sites for hydroxylation is 2. The molecule has 0 spiro atoms. The molecule has 0 radical (unpaired) electrons. The average molecular weight is 614 g/mol. The van der Waals surface area contributed by atoms with E-state index in [2.05, 4.69) is 20.9 Å². The summed E-state index contributed by atoms with van der Waals surface area (Å²) >= 11 is 0. The molecule has 1 aliphatic carbocycles. The van der Waals surface area contributed by atoms with Crippen molar-refractivity contribution in [2.75, 3.05) is 32.0 Å². The first kappa shape index (κ1) is 31.4. The van der Waals surface area contributed by atoms with Gasteiger partial charge in [0.15, 0.2) is 11.5 Å². The van der Waals surface area contributed by atoms with Crippen LogP contribution in [0.4, 0.5) is 11.4 Å². The Labute approximate surface area is 261 Å². The standard InChI is InChI=1S/C34H39N5O6/c1-18(2)31(34(42)37-21-9-13-27-26(15-21)35-17-39(27)4)38-25-12-10-22-23(16-28(25)41)24(36-19(3)40)11-8-20-14-29(43-5)32(44-6)33(45-7)30(20)22/h9-10,12-18,24,31H,8,11H2,1-7H3,(H,36,40)(H,37,42)(H,38,41). The summed E-state index contributed by atoms with van der Waals surface area (Å²) in [5, 5.41) is 9.20. The number of nitrogens with one attached hydrogen (secondary N) is 3. The fourth-order valence-electron chi connectivity index (χ4n) is 5.96. The van der Waals surface area contributed by atoms with Crippen molar-refractivity contribution in [2.45, 2.75) is 45.7 Å². The molecule has 4 aromatic rings. The minimum absolute atomic E-state index is 0.156. The van der Waals surface area contributed by atoms with Crippen molar-refractivity contribution >= 4 is 34.2 Å². The Hall–Kier alpha value is -5.06. The molecular formula is C34H39N5O6. The van der Waals surface area contributed by atoms with E-state index < -0.39 is 12.1 Å². The maximum Gasteiger partial charge on any atom is 0.247 e. The first-order chi connectivity index (χ1) is 21.6. The number of imidazole rings is 1. The Morgan fingerprint density at radius 1 is 1.00 bits per heavy atom. The van der Waals surface area contributed by atoms with E-state index in [4.69, 9.17) is 14.2 Å². The lowest BCUT2D eigenvalue weighted by molar-refractivity contribution is -0.120. The molecule has 0 fully saturated rings. The molecule has 2 amide bonds. The van der Waals surface area contributed by atoms with Gasteiger partial charge in [-0.1, -0.05) is 19.9 Å². The number of ether oxygens (including phenoxy) is 3. The number of amides is 2. The number of carbonyl (C=O) groups is 2. The highest BCUT2D eigenvalue weighted by Crippen LogP contribution is 2.50. The zero-order valence-corrected chi connectivity index (χ0v) is 26.6. The highest BCUT2D eigenvalue weighted by atomic mass is 16.5. The lowest BCUT2D eigenvalue weighted by Crippen LogP contribution is -2.39. The molecule has 2 unspecified atom stereocenters. The lowest BCUT2D eigenvalue weighted by Gasteiger charge is -2.22. The molecular weight excluding hydrogens is 574 g/mol. The van der Waals surface area contributed by atoms with E-state index in [0.29, 0.717) is 46.9 Å². The average Bonchev–Trinajstić information content (AvgIpc) is 3.21. The van der Waals surface area contributed by atoms with Crippen LogP contribution in [0.1, 0.15) is 44.4 Å². The van der Waals surface area contributed by atoms with Gasteiger partial charge in [-0.25, -0.2) is 4.98 Å². The molecule has 45 heavy (non-hydrogen) atoms. The van der Waals surface area contributed by atoms with Crippen LogP contribution >= 0.6 is 0 Å². The van der Waals surface area contributed by atoms with E-state index in [9.17, 15) is 14.4 Å². The first-order valence-electron chi connectivity index (χ1n) is 14.8. The number of aromatic nitrogens is 2. The molecule has 1 aromatic heterocycles.